The molecule has 1 aromatic carbocycles. The zero-order chi connectivity index (χ0) is 26.7. The number of carbonyl (C=O) groups excluding carboxylic acids is 3. The molecule has 3 heterocycles. The lowest BCUT2D eigenvalue weighted by Gasteiger charge is -2.18. The van der Waals surface area contributed by atoms with Crippen molar-refractivity contribution >= 4 is 34.5 Å². The lowest BCUT2D eigenvalue weighted by atomic mass is 10.1. The van der Waals surface area contributed by atoms with Gasteiger partial charge >= 0.3 is 12.1 Å². The molecule has 3 amide bonds. The molecule has 9 nitrogen and oxygen atoms in total. The van der Waals surface area contributed by atoms with Crippen molar-refractivity contribution in [2.45, 2.75) is 38.5 Å². The molecule has 0 saturated heterocycles. The van der Waals surface area contributed by atoms with E-state index in [4.69, 9.17) is 9.90 Å². The first-order valence-electron chi connectivity index (χ1n) is 11.5. The second-order valence-electron chi connectivity index (χ2n) is 8.62. The van der Waals surface area contributed by atoms with Gasteiger partial charge in [0.25, 0.3) is 11.8 Å². The summed E-state index contributed by atoms with van der Waals surface area (Å²) < 4.78 is 33.5. The second-order valence-corrected chi connectivity index (χ2v) is 8.62. The minimum absolute atomic E-state index is 0.0251. The summed E-state index contributed by atoms with van der Waals surface area (Å²) in [6.07, 6.45) is -1.07. The van der Waals surface area contributed by atoms with Gasteiger partial charge in [0.05, 0.1) is 12.2 Å². The molecule has 0 spiro atoms. The summed E-state index contributed by atoms with van der Waals surface area (Å²) in [7, 11) is 0. The predicted octanol–water partition coefficient (Wildman–Crippen LogP) is 3.38. The third-order valence-corrected chi connectivity index (χ3v) is 5.99. The summed E-state index contributed by atoms with van der Waals surface area (Å²) in [6, 6.07) is 13.0. The molecular formula is C25H23F3N4O5. The Hall–Kier alpha value is -4.22. The molecule has 194 valence electrons. The minimum Gasteiger partial charge on any atom is -0.475 e. The Kier molecular flexibility index (Phi) is 7.28. The second kappa shape index (κ2) is 10.4. The van der Waals surface area contributed by atoms with E-state index in [2.05, 4.69) is 10.3 Å². The van der Waals surface area contributed by atoms with E-state index in [0.29, 0.717) is 42.8 Å². The number of benzene rings is 1. The number of pyridine rings is 1. The van der Waals surface area contributed by atoms with Crippen LogP contribution in [0, 0.1) is 5.92 Å². The topological polar surface area (TPSA) is 122 Å². The Bertz CT molecular complexity index is 1350. The van der Waals surface area contributed by atoms with Crippen LogP contribution in [-0.2, 0) is 22.7 Å². The molecule has 3 aromatic rings. The van der Waals surface area contributed by atoms with Crippen LogP contribution >= 0.6 is 0 Å². The SMILES string of the molecule is O=C(NCc1ccccn1)c1c2ccccc2c2n1CCCN(C(=O)C1CC1)C2=O.O=C(O)C(F)(F)F. The van der Waals surface area contributed by atoms with E-state index in [1.165, 1.54) is 4.90 Å². The van der Waals surface area contributed by atoms with Crippen molar-refractivity contribution in [3.8, 4) is 0 Å². The van der Waals surface area contributed by atoms with Crippen LogP contribution in [0.1, 0.15) is 45.9 Å². The van der Waals surface area contributed by atoms with E-state index < -0.39 is 12.1 Å². The van der Waals surface area contributed by atoms with Crippen molar-refractivity contribution in [2.75, 3.05) is 6.54 Å². The summed E-state index contributed by atoms with van der Waals surface area (Å²) >= 11 is 0. The van der Waals surface area contributed by atoms with E-state index in [9.17, 15) is 27.6 Å². The number of aromatic nitrogens is 2. The summed E-state index contributed by atoms with van der Waals surface area (Å²) in [4.78, 5) is 53.8. The van der Waals surface area contributed by atoms with Crippen LogP contribution in [0.15, 0.2) is 48.7 Å². The first-order chi connectivity index (χ1) is 17.6. The third kappa shape index (κ3) is 5.63. The zero-order valence-electron chi connectivity index (χ0n) is 19.5. The Morgan fingerprint density at radius 3 is 2.27 bits per heavy atom. The Morgan fingerprint density at radius 1 is 1.03 bits per heavy atom. The highest BCUT2D eigenvalue weighted by Gasteiger charge is 2.40. The molecule has 1 aliphatic carbocycles. The number of aliphatic carboxylic acids is 1. The van der Waals surface area contributed by atoms with Crippen molar-refractivity contribution < 1.29 is 37.5 Å². The number of nitrogens with one attached hydrogen (secondary N) is 1. The summed E-state index contributed by atoms with van der Waals surface area (Å²) in [5, 5.41) is 11.5. The Morgan fingerprint density at radius 2 is 1.68 bits per heavy atom. The van der Waals surface area contributed by atoms with Gasteiger partial charge in [-0.05, 0) is 31.4 Å². The molecule has 2 N–H and O–H groups in total. The highest BCUT2D eigenvalue weighted by molar-refractivity contribution is 6.17. The maximum Gasteiger partial charge on any atom is 0.490 e. The quantitative estimate of drug-likeness (QED) is 0.513. The van der Waals surface area contributed by atoms with Crippen molar-refractivity contribution in [2.24, 2.45) is 5.92 Å². The lowest BCUT2D eigenvalue weighted by Crippen LogP contribution is -2.38. The van der Waals surface area contributed by atoms with Crippen molar-refractivity contribution in [1.82, 2.24) is 19.8 Å². The molecule has 0 atom stereocenters. The van der Waals surface area contributed by atoms with E-state index in [1.807, 2.05) is 42.5 Å². The van der Waals surface area contributed by atoms with Crippen LogP contribution in [0.5, 0.6) is 0 Å². The first kappa shape index (κ1) is 25.9. The smallest absolute Gasteiger partial charge is 0.475 e. The number of amides is 3. The summed E-state index contributed by atoms with van der Waals surface area (Å²) in [5.74, 6) is -3.42. The molecule has 1 saturated carbocycles. The van der Waals surface area contributed by atoms with Crippen LogP contribution in [0.2, 0.25) is 0 Å². The van der Waals surface area contributed by atoms with E-state index >= 15 is 0 Å². The predicted molar refractivity (Wildman–Crippen MR) is 124 cm³/mol. The maximum absolute atomic E-state index is 13.4. The number of carboxylic acid groups (broad SMARTS) is 1. The van der Waals surface area contributed by atoms with Crippen molar-refractivity contribution in [1.29, 1.82) is 0 Å². The Labute approximate surface area is 208 Å². The number of alkyl halides is 3. The van der Waals surface area contributed by atoms with Gasteiger partial charge in [-0.15, -0.1) is 0 Å². The van der Waals surface area contributed by atoms with Gasteiger partial charge in [-0.2, -0.15) is 13.2 Å². The average molecular weight is 516 g/mol. The van der Waals surface area contributed by atoms with Crippen molar-refractivity contribution in [3.05, 3.63) is 65.7 Å². The number of carboxylic acids is 1. The fourth-order valence-corrected chi connectivity index (χ4v) is 4.13. The fourth-order valence-electron chi connectivity index (χ4n) is 4.13. The van der Waals surface area contributed by atoms with E-state index in [0.717, 1.165) is 23.9 Å². The van der Waals surface area contributed by atoms with Crippen LogP contribution in [0.25, 0.3) is 10.8 Å². The van der Waals surface area contributed by atoms with Crippen LogP contribution in [0.3, 0.4) is 0 Å². The number of imide groups is 1. The molecule has 37 heavy (non-hydrogen) atoms. The highest BCUT2D eigenvalue weighted by Crippen LogP contribution is 2.34. The standard InChI is InChI=1S/C23H22N4O3.C2HF3O2/c28-21(25-14-16-6-3-4-11-24-16)19-17-7-1-2-8-18(17)20-23(30)27(13-5-12-26(19)20)22(29)15-9-10-15;3-2(4,5)1(6)7/h1-4,6-8,11,15H,5,9-10,12-14H2,(H,25,28);(H,6,7). The number of rotatable bonds is 4. The van der Waals surface area contributed by atoms with Gasteiger partial charge < -0.3 is 15.0 Å². The fraction of sp³-hybridized carbons (Fsp3) is 0.320. The molecule has 0 radical (unpaired) electrons. The molecule has 2 aromatic heterocycles. The first-order valence-corrected chi connectivity index (χ1v) is 11.5. The maximum atomic E-state index is 13.4. The zero-order valence-corrected chi connectivity index (χ0v) is 19.5. The Balaban J connectivity index is 0.000000405. The lowest BCUT2D eigenvalue weighted by molar-refractivity contribution is -0.192. The number of fused-ring (bicyclic) bond motifs is 3. The normalized spacial score (nSPS) is 15.3. The molecule has 0 unspecified atom stereocenters. The molecule has 1 aliphatic heterocycles. The molecule has 0 bridgehead atoms. The largest absolute Gasteiger partial charge is 0.490 e. The van der Waals surface area contributed by atoms with Crippen molar-refractivity contribution in [3.63, 3.8) is 0 Å². The average Bonchev–Trinajstić information content (AvgIpc) is 3.68. The number of carbonyl (C=O) groups is 4. The monoisotopic (exact) mass is 516 g/mol. The molecular weight excluding hydrogens is 493 g/mol. The molecule has 12 heteroatoms. The van der Waals surface area contributed by atoms with Gasteiger partial charge in [-0.25, -0.2) is 4.79 Å². The van der Waals surface area contributed by atoms with Gasteiger partial charge in [-0.3, -0.25) is 24.3 Å². The van der Waals surface area contributed by atoms with Crippen LogP contribution in [-0.4, -0.2) is 56.0 Å². The van der Waals surface area contributed by atoms with Crippen LogP contribution < -0.4 is 5.32 Å². The summed E-state index contributed by atoms with van der Waals surface area (Å²) in [5.41, 5.74) is 1.65. The molecule has 5 rings (SSSR count). The number of nitrogens with zero attached hydrogens (tertiary/aromatic N) is 3. The molecule has 1 fully saturated rings. The van der Waals surface area contributed by atoms with Gasteiger partial charge in [0.15, 0.2) is 0 Å². The number of halogens is 3. The number of hydrogen-bond donors (Lipinski definition) is 2. The van der Waals surface area contributed by atoms with Gasteiger partial charge in [0.2, 0.25) is 5.91 Å². The minimum atomic E-state index is -5.08. The van der Waals surface area contributed by atoms with Gasteiger partial charge in [0, 0.05) is 36.0 Å². The van der Waals surface area contributed by atoms with E-state index in [1.54, 1.807) is 10.8 Å². The van der Waals surface area contributed by atoms with Gasteiger partial charge in [0.1, 0.15) is 11.4 Å². The van der Waals surface area contributed by atoms with Crippen LogP contribution in [0.4, 0.5) is 13.2 Å². The third-order valence-electron chi connectivity index (χ3n) is 5.99. The summed E-state index contributed by atoms with van der Waals surface area (Å²) in [6.45, 7) is 1.20. The van der Waals surface area contributed by atoms with E-state index in [-0.39, 0.29) is 23.6 Å². The van der Waals surface area contributed by atoms with Gasteiger partial charge in [-0.1, -0.05) is 30.3 Å². The number of hydrogen-bond acceptors (Lipinski definition) is 5. The molecule has 2 aliphatic rings. The highest BCUT2D eigenvalue weighted by atomic mass is 19.4.